The first-order valence-corrected chi connectivity index (χ1v) is 11.0. The molecule has 3 aliphatic rings. The number of benzene rings is 1. The van der Waals surface area contributed by atoms with Gasteiger partial charge in [-0.25, -0.2) is 4.79 Å². The number of rotatable bonds is 5. The molecule has 0 bridgehead atoms. The van der Waals surface area contributed by atoms with E-state index in [1.807, 2.05) is 13.8 Å². The molecule has 3 heterocycles. The molecular weight excluding hydrogens is 428 g/mol. The molecule has 1 aromatic carbocycles. The van der Waals surface area contributed by atoms with Crippen molar-refractivity contribution in [1.82, 2.24) is 20.0 Å². The quantitative estimate of drug-likeness (QED) is 0.710. The summed E-state index contributed by atoms with van der Waals surface area (Å²) in [4.78, 5) is 43.9. The molecule has 3 atom stereocenters. The lowest BCUT2D eigenvalue weighted by Gasteiger charge is -2.36. The molecule has 0 unspecified atom stereocenters. The van der Waals surface area contributed by atoms with Crippen LogP contribution in [0.25, 0.3) is 0 Å². The normalized spacial score (nSPS) is 25.2. The van der Waals surface area contributed by atoms with Crippen LogP contribution in [-0.2, 0) is 14.3 Å². The number of para-hydroxylation sites is 1. The Hall–Kier alpha value is -3.27. The maximum Gasteiger partial charge on any atom is 0.322 e. The molecule has 33 heavy (non-hydrogen) atoms. The fraction of sp³-hybridized carbons (Fsp3) is 0.522. The van der Waals surface area contributed by atoms with Gasteiger partial charge in [-0.3, -0.25) is 14.5 Å². The number of nitrogens with zero attached hydrogens (tertiary/aromatic N) is 3. The Bertz CT molecular complexity index is 999. The molecule has 1 aromatic rings. The van der Waals surface area contributed by atoms with Crippen molar-refractivity contribution in [2.24, 2.45) is 0 Å². The minimum atomic E-state index is -0.718. The minimum Gasteiger partial charge on any atom is -0.493 e. The van der Waals surface area contributed by atoms with E-state index in [0.29, 0.717) is 41.4 Å². The molecule has 1 N–H and O–H groups in total. The van der Waals surface area contributed by atoms with Gasteiger partial charge in [-0.15, -0.1) is 0 Å². The van der Waals surface area contributed by atoms with Crippen LogP contribution in [0.2, 0.25) is 0 Å². The highest BCUT2D eigenvalue weighted by Gasteiger charge is 2.44. The van der Waals surface area contributed by atoms with Gasteiger partial charge in [0.25, 0.3) is 5.91 Å². The summed E-state index contributed by atoms with van der Waals surface area (Å²) in [5, 5.41) is 2.89. The van der Waals surface area contributed by atoms with Gasteiger partial charge in [0.05, 0.1) is 50.3 Å². The number of amides is 4. The number of hydrogen-bond acceptors (Lipinski definition) is 6. The van der Waals surface area contributed by atoms with Gasteiger partial charge in [-0.05, 0) is 19.9 Å². The highest BCUT2D eigenvalue weighted by molar-refractivity contribution is 6.03. The second kappa shape index (κ2) is 8.93. The van der Waals surface area contributed by atoms with Crippen LogP contribution in [0, 0.1) is 0 Å². The summed E-state index contributed by atoms with van der Waals surface area (Å²) in [5.41, 5.74) is 1.62. The Morgan fingerprint density at radius 2 is 1.85 bits per heavy atom. The van der Waals surface area contributed by atoms with Crippen molar-refractivity contribution >= 4 is 17.8 Å². The summed E-state index contributed by atoms with van der Waals surface area (Å²) in [7, 11) is 4.66. The first-order valence-electron chi connectivity index (χ1n) is 11.0. The van der Waals surface area contributed by atoms with Gasteiger partial charge < -0.3 is 29.3 Å². The van der Waals surface area contributed by atoms with Crippen molar-refractivity contribution < 1.29 is 28.6 Å². The lowest BCUT2D eigenvalue weighted by atomic mass is 9.94. The number of ether oxygens (including phenoxy) is 3. The number of carbonyl (C=O) groups excluding carboxylic acids is 3. The molecule has 0 aromatic heterocycles. The van der Waals surface area contributed by atoms with Gasteiger partial charge in [0.2, 0.25) is 5.91 Å². The number of methoxy groups -OCH3 is 2. The highest BCUT2D eigenvalue weighted by Crippen LogP contribution is 2.42. The summed E-state index contributed by atoms with van der Waals surface area (Å²) < 4.78 is 16.6. The standard InChI is InChI=1S/C23H30N4O6/c1-13-9-26(10-14(2)33-13)18(28)12-27-11-16-19(22(27)29)20(24-23(30)25(16)3)15-7-6-8-17(31-4)21(15)32-5/h6-8,13-14,20H,9-12H2,1-5H3,(H,24,30)/t13-,14-,20-/m0/s1. The largest absolute Gasteiger partial charge is 0.493 e. The molecule has 10 heteroatoms. The molecule has 1 saturated heterocycles. The van der Waals surface area contributed by atoms with Crippen LogP contribution in [0.1, 0.15) is 25.5 Å². The zero-order valence-corrected chi connectivity index (χ0v) is 19.6. The molecule has 10 nitrogen and oxygen atoms in total. The van der Waals surface area contributed by atoms with Crippen molar-refractivity contribution in [1.29, 1.82) is 0 Å². The minimum absolute atomic E-state index is 0.0591. The maximum absolute atomic E-state index is 13.5. The van der Waals surface area contributed by atoms with Crippen molar-refractivity contribution in [2.45, 2.75) is 32.1 Å². The van der Waals surface area contributed by atoms with Crippen LogP contribution < -0.4 is 14.8 Å². The summed E-state index contributed by atoms with van der Waals surface area (Å²) in [6, 6.07) is 4.27. The Kier molecular flexibility index (Phi) is 6.20. The predicted octanol–water partition coefficient (Wildman–Crippen LogP) is 1.13. The van der Waals surface area contributed by atoms with Gasteiger partial charge in [0.1, 0.15) is 6.54 Å². The number of carbonyl (C=O) groups is 3. The van der Waals surface area contributed by atoms with Crippen LogP contribution in [0.3, 0.4) is 0 Å². The molecule has 3 aliphatic heterocycles. The average Bonchev–Trinajstić information content (AvgIpc) is 3.11. The third kappa shape index (κ3) is 4.10. The number of nitrogens with one attached hydrogen (secondary N) is 1. The SMILES string of the molecule is COc1cccc([C@@H]2NC(=O)N(C)C3=C2C(=O)N(CC(=O)N2C[C@H](C)O[C@@H](C)C2)C3)c1OC. The smallest absolute Gasteiger partial charge is 0.322 e. The highest BCUT2D eigenvalue weighted by atomic mass is 16.5. The van der Waals surface area contributed by atoms with Crippen LogP contribution in [0.4, 0.5) is 4.79 Å². The van der Waals surface area contributed by atoms with E-state index in [1.165, 1.54) is 24.0 Å². The van der Waals surface area contributed by atoms with E-state index < -0.39 is 6.04 Å². The zero-order chi connectivity index (χ0) is 23.9. The number of likely N-dealkylation sites (N-methyl/N-ethyl adjacent to an activating group) is 1. The Morgan fingerprint density at radius 1 is 1.15 bits per heavy atom. The first kappa shape index (κ1) is 22.9. The van der Waals surface area contributed by atoms with Gasteiger partial charge in [0, 0.05) is 25.7 Å². The second-order valence-electron chi connectivity index (χ2n) is 8.60. The van der Waals surface area contributed by atoms with E-state index in [4.69, 9.17) is 14.2 Å². The van der Waals surface area contributed by atoms with Crippen molar-refractivity contribution in [3.05, 3.63) is 35.0 Å². The molecule has 178 valence electrons. The third-order valence-corrected chi connectivity index (χ3v) is 6.28. The van der Waals surface area contributed by atoms with Crippen LogP contribution in [0.5, 0.6) is 11.5 Å². The summed E-state index contributed by atoms with van der Waals surface area (Å²) in [5.74, 6) is 0.524. The topological polar surface area (TPSA) is 101 Å². The number of urea groups is 1. The molecule has 0 saturated carbocycles. The Morgan fingerprint density at radius 3 is 2.48 bits per heavy atom. The van der Waals surface area contributed by atoms with E-state index in [-0.39, 0.29) is 43.1 Å². The van der Waals surface area contributed by atoms with Gasteiger partial charge in [0.15, 0.2) is 11.5 Å². The van der Waals surface area contributed by atoms with Crippen LogP contribution in [0.15, 0.2) is 29.5 Å². The van der Waals surface area contributed by atoms with E-state index in [9.17, 15) is 14.4 Å². The molecule has 0 aliphatic carbocycles. The predicted molar refractivity (Wildman–Crippen MR) is 119 cm³/mol. The lowest BCUT2D eigenvalue weighted by molar-refractivity contribution is -0.146. The average molecular weight is 459 g/mol. The molecule has 4 rings (SSSR count). The van der Waals surface area contributed by atoms with Gasteiger partial charge >= 0.3 is 6.03 Å². The fourth-order valence-corrected chi connectivity index (χ4v) is 4.77. The summed E-state index contributed by atoms with van der Waals surface area (Å²) >= 11 is 0. The third-order valence-electron chi connectivity index (χ3n) is 6.28. The molecular formula is C23H30N4O6. The van der Waals surface area contributed by atoms with Gasteiger partial charge in [-0.2, -0.15) is 0 Å². The first-order chi connectivity index (χ1) is 15.7. The second-order valence-corrected chi connectivity index (χ2v) is 8.60. The molecule has 0 radical (unpaired) electrons. The lowest BCUT2D eigenvalue weighted by Crippen LogP contribution is -2.51. The Labute approximate surface area is 193 Å². The zero-order valence-electron chi connectivity index (χ0n) is 19.6. The van der Waals surface area contributed by atoms with Crippen LogP contribution in [-0.4, -0.2) is 92.2 Å². The van der Waals surface area contributed by atoms with E-state index in [1.54, 1.807) is 30.1 Å². The summed E-state index contributed by atoms with van der Waals surface area (Å²) in [6.45, 7) is 4.95. The molecule has 0 spiro atoms. The van der Waals surface area contributed by atoms with Crippen LogP contribution >= 0.6 is 0 Å². The maximum atomic E-state index is 13.5. The monoisotopic (exact) mass is 458 g/mol. The summed E-state index contributed by atoms with van der Waals surface area (Å²) in [6.07, 6.45) is -0.118. The van der Waals surface area contributed by atoms with Crippen molar-refractivity contribution in [3.63, 3.8) is 0 Å². The number of hydrogen-bond donors (Lipinski definition) is 1. The van der Waals surface area contributed by atoms with Gasteiger partial charge in [-0.1, -0.05) is 12.1 Å². The Balaban J connectivity index is 1.61. The number of morpholine rings is 1. The van der Waals surface area contributed by atoms with E-state index in [0.717, 1.165) is 0 Å². The molecule has 4 amide bonds. The molecule has 1 fully saturated rings. The van der Waals surface area contributed by atoms with E-state index >= 15 is 0 Å². The fourth-order valence-electron chi connectivity index (χ4n) is 4.77. The van der Waals surface area contributed by atoms with Crippen molar-refractivity contribution in [2.75, 3.05) is 47.4 Å². The van der Waals surface area contributed by atoms with Crippen molar-refractivity contribution in [3.8, 4) is 11.5 Å². The van der Waals surface area contributed by atoms with E-state index in [2.05, 4.69) is 5.32 Å².